The van der Waals surface area contributed by atoms with Gasteiger partial charge in [0, 0.05) is 28.4 Å². The first kappa shape index (κ1) is 28.1. The monoisotopic (exact) mass is 494 g/mol. The van der Waals surface area contributed by atoms with E-state index in [1.807, 2.05) is 19.4 Å². The smallest absolute Gasteiger partial charge is 0.252 e. The molecule has 1 N–H and O–H groups in total. The van der Waals surface area contributed by atoms with Crippen LogP contribution in [0.5, 0.6) is 0 Å². The normalized spacial score (nSPS) is 11.9. The maximum absolute atomic E-state index is 13.3. The van der Waals surface area contributed by atoms with Crippen LogP contribution in [0.15, 0.2) is 66.5 Å². The summed E-state index contributed by atoms with van der Waals surface area (Å²) >= 11 is 1.62. The maximum atomic E-state index is 13.3. The number of allylic oxidation sites excluding steroid dienone is 1. The number of carbonyl (C=O) groups is 1. The van der Waals surface area contributed by atoms with E-state index in [0.29, 0.717) is 22.5 Å². The van der Waals surface area contributed by atoms with Crippen molar-refractivity contribution in [2.24, 2.45) is 0 Å². The Kier molecular flexibility index (Phi) is 11.4. The summed E-state index contributed by atoms with van der Waals surface area (Å²) in [6, 6.07) is 7.93. The van der Waals surface area contributed by atoms with E-state index < -0.39 is 0 Å². The lowest BCUT2D eigenvalue weighted by Crippen LogP contribution is -2.29. The summed E-state index contributed by atoms with van der Waals surface area (Å²) in [5.41, 5.74) is 3.50. The lowest BCUT2D eigenvalue weighted by Gasteiger charge is -2.20. The zero-order valence-corrected chi connectivity index (χ0v) is 22.0. The van der Waals surface area contributed by atoms with Crippen molar-refractivity contribution in [3.8, 4) is 5.69 Å². The molecule has 7 heteroatoms. The second-order valence-corrected chi connectivity index (χ2v) is 8.80. The first-order valence-corrected chi connectivity index (χ1v) is 13.1. The van der Waals surface area contributed by atoms with Crippen LogP contribution in [0.25, 0.3) is 17.3 Å². The van der Waals surface area contributed by atoms with E-state index in [1.54, 1.807) is 53.1 Å². The summed E-state index contributed by atoms with van der Waals surface area (Å²) in [6.07, 6.45) is 13.6. The van der Waals surface area contributed by atoms with Gasteiger partial charge in [-0.15, -0.1) is 11.8 Å². The van der Waals surface area contributed by atoms with E-state index in [9.17, 15) is 9.18 Å². The number of nitrogens with zero attached hydrogens (tertiary/aromatic N) is 3. The van der Waals surface area contributed by atoms with Crippen molar-refractivity contribution in [1.29, 1.82) is 0 Å². The minimum atomic E-state index is -0.322. The summed E-state index contributed by atoms with van der Waals surface area (Å²) in [5, 5.41) is 7.59. The predicted octanol–water partition coefficient (Wildman–Crippen LogP) is 7.25. The van der Waals surface area contributed by atoms with Gasteiger partial charge < -0.3 is 5.32 Å². The van der Waals surface area contributed by atoms with Gasteiger partial charge in [-0.25, -0.2) is 9.07 Å². The van der Waals surface area contributed by atoms with Crippen LogP contribution in [-0.2, 0) is 4.79 Å². The second-order valence-electron chi connectivity index (χ2n) is 7.92. The Labute approximate surface area is 212 Å². The Balaban J connectivity index is 0.00000137. The molecule has 5 nitrogen and oxygen atoms in total. The molecule has 1 unspecified atom stereocenters. The highest BCUT2D eigenvalue weighted by atomic mass is 32.2. The molecule has 0 aliphatic heterocycles. The molecular weight excluding hydrogens is 459 g/mol. The van der Waals surface area contributed by atoms with Crippen LogP contribution < -0.4 is 5.32 Å². The van der Waals surface area contributed by atoms with Crippen LogP contribution in [0.1, 0.15) is 69.8 Å². The summed E-state index contributed by atoms with van der Waals surface area (Å²) in [4.78, 5) is 18.7. The van der Waals surface area contributed by atoms with Crippen molar-refractivity contribution in [2.45, 2.75) is 57.9 Å². The van der Waals surface area contributed by atoms with E-state index in [1.165, 1.54) is 18.6 Å². The zero-order valence-electron chi connectivity index (χ0n) is 21.2. The molecule has 0 spiro atoms. The predicted molar refractivity (Wildman–Crippen MR) is 145 cm³/mol. The Hall–Kier alpha value is -3.19. The number of amides is 1. The molecule has 1 aromatic carbocycles. The van der Waals surface area contributed by atoms with Gasteiger partial charge in [0.2, 0.25) is 0 Å². The van der Waals surface area contributed by atoms with E-state index in [-0.39, 0.29) is 17.8 Å². The van der Waals surface area contributed by atoms with Gasteiger partial charge in [0.1, 0.15) is 5.82 Å². The summed E-state index contributed by atoms with van der Waals surface area (Å²) in [7, 11) is 0. The maximum Gasteiger partial charge on any atom is 0.252 e. The van der Waals surface area contributed by atoms with Crippen LogP contribution in [0.2, 0.25) is 0 Å². The standard InChI is InChI=1S/C25H27FN4OS.C3H8/c1-5-8-23(17-13-20(32-4)15-27-14-17)29-25(31)21(6-2)22-16-28-30(24(22)7-3)19-11-9-18(26)10-12-19;1-3-2/h6-7,9-16,23H,3,5,8H2,1-2,4H3,(H,29,31);3H2,1-2H3/b21-6+;. The van der Waals surface area contributed by atoms with Crippen molar-refractivity contribution >= 4 is 29.3 Å². The second kappa shape index (κ2) is 14.3. The Morgan fingerprint density at radius 3 is 2.46 bits per heavy atom. The fourth-order valence-electron chi connectivity index (χ4n) is 3.54. The number of nitrogens with one attached hydrogen (secondary N) is 1. The SMILES string of the molecule is C=Cc1c(/C(=C\C)C(=O)NC(CCC)c2cncc(SC)c2)cnn1-c1ccc(F)cc1.CCC. The number of thioether (sulfide) groups is 1. The summed E-state index contributed by atoms with van der Waals surface area (Å²) in [6.45, 7) is 12.1. The van der Waals surface area contributed by atoms with Crippen molar-refractivity contribution in [3.05, 3.63) is 84.2 Å². The highest BCUT2D eigenvalue weighted by Gasteiger charge is 2.22. The molecule has 0 saturated heterocycles. The molecule has 35 heavy (non-hydrogen) atoms. The van der Waals surface area contributed by atoms with Gasteiger partial charge in [0.15, 0.2) is 0 Å². The van der Waals surface area contributed by atoms with Gasteiger partial charge >= 0.3 is 0 Å². The highest BCUT2D eigenvalue weighted by molar-refractivity contribution is 7.98. The first-order valence-electron chi connectivity index (χ1n) is 11.9. The van der Waals surface area contributed by atoms with Crippen molar-refractivity contribution in [1.82, 2.24) is 20.1 Å². The van der Waals surface area contributed by atoms with Gasteiger partial charge in [0.25, 0.3) is 5.91 Å². The van der Waals surface area contributed by atoms with E-state index in [4.69, 9.17) is 0 Å². The average Bonchev–Trinajstić information content (AvgIpc) is 3.29. The first-order chi connectivity index (χ1) is 16.9. The Bertz CT molecular complexity index is 1140. The minimum Gasteiger partial charge on any atom is -0.345 e. The number of benzene rings is 1. The molecule has 0 aliphatic carbocycles. The fraction of sp³-hybridized carbons (Fsp3) is 0.321. The van der Waals surface area contributed by atoms with E-state index >= 15 is 0 Å². The number of pyridine rings is 1. The Morgan fingerprint density at radius 1 is 1.20 bits per heavy atom. The number of hydrogen-bond acceptors (Lipinski definition) is 4. The van der Waals surface area contributed by atoms with Gasteiger partial charge in [-0.3, -0.25) is 9.78 Å². The van der Waals surface area contributed by atoms with Gasteiger partial charge in [-0.2, -0.15) is 5.10 Å². The average molecular weight is 495 g/mol. The molecule has 1 amide bonds. The van der Waals surface area contributed by atoms with Crippen LogP contribution in [-0.4, -0.2) is 26.9 Å². The molecule has 186 valence electrons. The third-order valence-corrected chi connectivity index (χ3v) is 5.84. The largest absolute Gasteiger partial charge is 0.345 e. The molecule has 0 radical (unpaired) electrons. The fourth-order valence-corrected chi connectivity index (χ4v) is 3.96. The molecule has 2 aromatic heterocycles. The minimum absolute atomic E-state index is 0.152. The number of halogens is 1. The van der Waals surface area contributed by atoms with E-state index in [2.05, 4.69) is 48.8 Å². The van der Waals surface area contributed by atoms with Crippen molar-refractivity contribution < 1.29 is 9.18 Å². The summed E-state index contributed by atoms with van der Waals surface area (Å²) < 4.78 is 15.0. The molecule has 0 fully saturated rings. The van der Waals surface area contributed by atoms with Crippen LogP contribution in [0.4, 0.5) is 4.39 Å². The van der Waals surface area contributed by atoms with Crippen LogP contribution in [0, 0.1) is 5.82 Å². The Morgan fingerprint density at radius 2 is 1.89 bits per heavy atom. The molecule has 3 aromatic rings. The quantitative estimate of drug-likeness (QED) is 0.251. The molecule has 0 aliphatic rings. The third kappa shape index (κ3) is 7.39. The molecule has 0 bridgehead atoms. The van der Waals surface area contributed by atoms with Crippen LogP contribution in [0.3, 0.4) is 0 Å². The van der Waals surface area contributed by atoms with Gasteiger partial charge in [0.05, 0.1) is 23.6 Å². The lowest BCUT2D eigenvalue weighted by atomic mass is 10.0. The molecule has 2 heterocycles. The number of carbonyl (C=O) groups excluding carboxylic acids is 1. The van der Waals surface area contributed by atoms with E-state index in [0.717, 1.165) is 23.3 Å². The molecule has 3 rings (SSSR count). The zero-order chi connectivity index (χ0) is 25.8. The third-order valence-electron chi connectivity index (χ3n) is 5.15. The molecule has 0 saturated carbocycles. The van der Waals surface area contributed by atoms with Crippen molar-refractivity contribution in [2.75, 3.05) is 6.26 Å². The van der Waals surface area contributed by atoms with Crippen molar-refractivity contribution in [3.63, 3.8) is 0 Å². The van der Waals surface area contributed by atoms with Crippen LogP contribution >= 0.6 is 11.8 Å². The number of rotatable bonds is 9. The highest BCUT2D eigenvalue weighted by Crippen LogP contribution is 2.27. The topological polar surface area (TPSA) is 59.8 Å². The number of aromatic nitrogens is 3. The molecular formula is C28H35FN4OS. The lowest BCUT2D eigenvalue weighted by molar-refractivity contribution is -0.116. The number of hydrogen-bond donors (Lipinski definition) is 1. The van der Waals surface area contributed by atoms with Gasteiger partial charge in [-0.05, 0) is 61.6 Å². The molecule has 1 atom stereocenters. The summed E-state index contributed by atoms with van der Waals surface area (Å²) in [5.74, 6) is -0.515. The van der Waals surface area contributed by atoms with Gasteiger partial charge in [-0.1, -0.05) is 46.3 Å².